The van der Waals surface area contributed by atoms with Crippen molar-refractivity contribution in [3.05, 3.63) is 54.1 Å². The molecule has 2 aromatic rings. The second kappa shape index (κ2) is 10.9. The van der Waals surface area contributed by atoms with Gasteiger partial charge in [-0.05, 0) is 55.3 Å². The van der Waals surface area contributed by atoms with E-state index in [1.54, 1.807) is 31.2 Å². The third kappa shape index (κ3) is 7.26. The first-order chi connectivity index (χ1) is 14.2. The fourth-order valence-electron chi connectivity index (χ4n) is 2.71. The molecule has 1 unspecified atom stereocenters. The van der Waals surface area contributed by atoms with Gasteiger partial charge in [0.1, 0.15) is 18.1 Å². The summed E-state index contributed by atoms with van der Waals surface area (Å²) in [6, 6.07) is 14.5. The predicted molar refractivity (Wildman–Crippen MR) is 119 cm³/mol. The minimum Gasteiger partial charge on any atom is -0.492 e. The van der Waals surface area contributed by atoms with Gasteiger partial charge < -0.3 is 14.8 Å². The molecule has 30 heavy (non-hydrogen) atoms. The van der Waals surface area contributed by atoms with Crippen LogP contribution in [-0.2, 0) is 21.2 Å². The Morgan fingerprint density at radius 1 is 1.07 bits per heavy atom. The van der Waals surface area contributed by atoms with Crippen molar-refractivity contribution < 1.29 is 22.7 Å². The number of sulfonamides is 1. The average molecular weight is 435 g/mol. The number of hydrogen-bond acceptors (Lipinski definition) is 5. The van der Waals surface area contributed by atoms with Gasteiger partial charge in [0.25, 0.3) is 5.91 Å². The van der Waals surface area contributed by atoms with Gasteiger partial charge in [-0.25, -0.2) is 8.42 Å². The van der Waals surface area contributed by atoms with Crippen LogP contribution in [-0.4, -0.2) is 46.9 Å². The van der Waals surface area contributed by atoms with Crippen LogP contribution in [0, 0.1) is 0 Å². The quantitative estimate of drug-likeness (QED) is 0.550. The molecule has 2 rings (SSSR count). The molecule has 8 heteroatoms. The van der Waals surface area contributed by atoms with Crippen molar-refractivity contribution in [2.75, 3.05) is 30.8 Å². The van der Waals surface area contributed by atoms with Gasteiger partial charge in [0.15, 0.2) is 6.10 Å². The lowest BCUT2D eigenvalue weighted by molar-refractivity contribution is -0.127. The minimum absolute atomic E-state index is 0.255. The van der Waals surface area contributed by atoms with Crippen molar-refractivity contribution in [3.63, 3.8) is 0 Å². The molecule has 0 saturated heterocycles. The van der Waals surface area contributed by atoms with Gasteiger partial charge >= 0.3 is 0 Å². The molecule has 0 spiro atoms. The van der Waals surface area contributed by atoms with Gasteiger partial charge in [-0.2, -0.15) is 0 Å². The zero-order valence-corrected chi connectivity index (χ0v) is 18.7. The maximum atomic E-state index is 12.2. The van der Waals surface area contributed by atoms with Crippen molar-refractivity contribution in [2.45, 2.75) is 32.8 Å². The maximum absolute atomic E-state index is 12.2. The molecule has 1 amide bonds. The van der Waals surface area contributed by atoms with E-state index in [0.717, 1.165) is 24.8 Å². The Labute approximate surface area is 179 Å². The fraction of sp³-hybridized carbons (Fsp3) is 0.409. The SMILES string of the molecule is CCCc1ccc(OCCNC(=O)C(C)Oc2ccc(N(C)S(C)(=O)=O)cc2)cc1. The number of carbonyl (C=O) groups excluding carboxylic acids is 1. The lowest BCUT2D eigenvalue weighted by Crippen LogP contribution is -2.38. The van der Waals surface area contributed by atoms with E-state index >= 15 is 0 Å². The molecule has 0 aromatic heterocycles. The topological polar surface area (TPSA) is 84.9 Å². The summed E-state index contributed by atoms with van der Waals surface area (Å²) < 4.78 is 35.6. The van der Waals surface area contributed by atoms with E-state index in [-0.39, 0.29) is 5.91 Å². The maximum Gasteiger partial charge on any atom is 0.260 e. The first kappa shape index (κ1) is 23.5. The van der Waals surface area contributed by atoms with Crippen LogP contribution in [0.5, 0.6) is 11.5 Å². The third-order valence-corrected chi connectivity index (χ3v) is 5.72. The van der Waals surface area contributed by atoms with Gasteiger partial charge in [-0.3, -0.25) is 9.10 Å². The lowest BCUT2D eigenvalue weighted by Gasteiger charge is -2.18. The van der Waals surface area contributed by atoms with Crippen LogP contribution >= 0.6 is 0 Å². The van der Waals surface area contributed by atoms with Crippen molar-refractivity contribution in [2.24, 2.45) is 0 Å². The molecule has 164 valence electrons. The second-order valence-electron chi connectivity index (χ2n) is 7.02. The highest BCUT2D eigenvalue weighted by Gasteiger charge is 2.15. The Hall–Kier alpha value is -2.74. The molecular weight excluding hydrogens is 404 g/mol. The van der Waals surface area contributed by atoms with Crippen molar-refractivity contribution >= 4 is 21.6 Å². The molecule has 0 heterocycles. The number of nitrogens with one attached hydrogen (secondary N) is 1. The van der Waals surface area contributed by atoms with Crippen LogP contribution in [0.4, 0.5) is 5.69 Å². The molecular formula is C22H30N2O5S. The molecule has 7 nitrogen and oxygen atoms in total. The first-order valence-electron chi connectivity index (χ1n) is 9.90. The zero-order valence-electron chi connectivity index (χ0n) is 17.9. The van der Waals surface area contributed by atoms with Gasteiger partial charge in [0, 0.05) is 7.05 Å². The highest BCUT2D eigenvalue weighted by Crippen LogP contribution is 2.21. The van der Waals surface area contributed by atoms with Crippen molar-refractivity contribution in [1.29, 1.82) is 0 Å². The molecule has 1 N–H and O–H groups in total. The van der Waals surface area contributed by atoms with Crippen LogP contribution in [0.2, 0.25) is 0 Å². The molecule has 0 aliphatic rings. The molecule has 0 aliphatic heterocycles. The van der Waals surface area contributed by atoms with Gasteiger partial charge in [0.05, 0.1) is 18.5 Å². The monoisotopic (exact) mass is 434 g/mol. The number of nitrogens with zero attached hydrogens (tertiary/aromatic N) is 1. The Morgan fingerprint density at radius 3 is 2.23 bits per heavy atom. The number of hydrogen-bond donors (Lipinski definition) is 1. The van der Waals surface area contributed by atoms with Crippen LogP contribution < -0.4 is 19.1 Å². The molecule has 0 saturated carbocycles. The second-order valence-corrected chi connectivity index (χ2v) is 9.03. The molecule has 2 aromatic carbocycles. The summed E-state index contributed by atoms with van der Waals surface area (Å²) in [5.41, 5.74) is 1.79. The standard InChI is InChI=1S/C22H30N2O5S/c1-5-6-18-7-11-20(12-8-18)28-16-15-23-22(25)17(2)29-21-13-9-19(10-14-21)24(3)30(4,26)27/h7-14,17H,5-6,15-16H2,1-4H3,(H,23,25). The summed E-state index contributed by atoms with van der Waals surface area (Å²) in [5, 5.41) is 2.78. The zero-order chi connectivity index (χ0) is 22.1. The van der Waals surface area contributed by atoms with Crippen LogP contribution in [0.3, 0.4) is 0 Å². The molecule has 0 fully saturated rings. The van der Waals surface area contributed by atoms with Crippen LogP contribution in [0.25, 0.3) is 0 Å². The number of carbonyl (C=O) groups is 1. The smallest absolute Gasteiger partial charge is 0.260 e. The Bertz CT molecular complexity index is 912. The fourth-order valence-corrected chi connectivity index (χ4v) is 3.22. The summed E-state index contributed by atoms with van der Waals surface area (Å²) in [6.07, 6.45) is 2.59. The predicted octanol–water partition coefficient (Wildman–Crippen LogP) is 3.00. The number of rotatable bonds is 11. The highest BCUT2D eigenvalue weighted by atomic mass is 32.2. The van der Waals surface area contributed by atoms with E-state index in [1.165, 1.54) is 16.9 Å². The Kier molecular flexibility index (Phi) is 8.53. The number of ether oxygens (including phenoxy) is 2. The number of amides is 1. The van der Waals surface area contributed by atoms with E-state index in [1.807, 2.05) is 24.3 Å². The highest BCUT2D eigenvalue weighted by molar-refractivity contribution is 7.92. The molecule has 0 bridgehead atoms. The summed E-state index contributed by atoms with van der Waals surface area (Å²) in [6.45, 7) is 4.52. The number of benzene rings is 2. The molecule has 1 atom stereocenters. The summed E-state index contributed by atoms with van der Waals surface area (Å²) in [7, 11) is -1.85. The Morgan fingerprint density at radius 2 is 1.67 bits per heavy atom. The summed E-state index contributed by atoms with van der Waals surface area (Å²) in [4.78, 5) is 12.2. The van der Waals surface area contributed by atoms with Crippen LogP contribution in [0.1, 0.15) is 25.8 Å². The minimum atomic E-state index is -3.33. The van der Waals surface area contributed by atoms with E-state index in [0.29, 0.717) is 24.6 Å². The van der Waals surface area contributed by atoms with Gasteiger partial charge in [-0.1, -0.05) is 25.5 Å². The van der Waals surface area contributed by atoms with E-state index in [9.17, 15) is 13.2 Å². The van der Waals surface area contributed by atoms with Crippen LogP contribution in [0.15, 0.2) is 48.5 Å². The van der Waals surface area contributed by atoms with Crippen molar-refractivity contribution in [3.8, 4) is 11.5 Å². The average Bonchev–Trinajstić information content (AvgIpc) is 2.71. The van der Waals surface area contributed by atoms with E-state index in [2.05, 4.69) is 12.2 Å². The van der Waals surface area contributed by atoms with Gasteiger partial charge in [-0.15, -0.1) is 0 Å². The lowest BCUT2D eigenvalue weighted by atomic mass is 10.1. The normalized spacial score (nSPS) is 12.1. The summed E-state index contributed by atoms with van der Waals surface area (Å²) >= 11 is 0. The van der Waals surface area contributed by atoms with E-state index in [4.69, 9.17) is 9.47 Å². The first-order valence-corrected chi connectivity index (χ1v) is 11.8. The van der Waals surface area contributed by atoms with Gasteiger partial charge in [0.2, 0.25) is 10.0 Å². The van der Waals surface area contributed by atoms with Crippen molar-refractivity contribution in [1.82, 2.24) is 5.32 Å². The molecule has 0 aliphatic carbocycles. The number of anilines is 1. The largest absolute Gasteiger partial charge is 0.492 e. The molecule has 0 radical (unpaired) electrons. The Balaban J connectivity index is 1.75. The third-order valence-electron chi connectivity index (χ3n) is 4.51. The number of aryl methyl sites for hydroxylation is 1. The summed E-state index contributed by atoms with van der Waals surface area (Å²) in [5.74, 6) is 0.994. The van der Waals surface area contributed by atoms with E-state index < -0.39 is 16.1 Å².